The normalized spacial score (nSPS) is 17.3. The Bertz CT molecular complexity index is 1010. The topological polar surface area (TPSA) is 71.1 Å². The average molecular weight is 399 g/mol. The number of carbonyl (C=O) groups is 1. The molecule has 1 aromatic carbocycles. The van der Waals surface area contributed by atoms with Crippen molar-refractivity contribution in [3.63, 3.8) is 0 Å². The molecule has 146 valence electrons. The molecule has 1 N–H and O–H groups in total. The summed E-state index contributed by atoms with van der Waals surface area (Å²) in [6, 6.07) is 9.65. The third kappa shape index (κ3) is 3.83. The molecule has 3 heterocycles. The Morgan fingerprint density at radius 3 is 2.75 bits per heavy atom. The van der Waals surface area contributed by atoms with E-state index < -0.39 is 5.60 Å². The summed E-state index contributed by atoms with van der Waals surface area (Å²) >= 11 is 5.88. The number of aromatic amines is 1. The first-order valence-corrected chi connectivity index (χ1v) is 9.79. The number of hydrogen-bond donors (Lipinski definition) is 1. The van der Waals surface area contributed by atoms with Gasteiger partial charge in [0.1, 0.15) is 16.6 Å². The summed E-state index contributed by atoms with van der Waals surface area (Å²) in [5.41, 5.74) is 3.30. The molecule has 0 radical (unpaired) electrons. The van der Waals surface area contributed by atoms with Crippen molar-refractivity contribution in [1.29, 1.82) is 0 Å². The van der Waals surface area contributed by atoms with E-state index in [1.54, 1.807) is 17.2 Å². The van der Waals surface area contributed by atoms with Crippen LogP contribution < -0.4 is 0 Å². The number of likely N-dealkylation sites (tertiary alicyclic amines) is 1. The highest BCUT2D eigenvalue weighted by Gasteiger charge is 2.34. The number of pyridine rings is 1. The molecule has 1 amide bonds. The zero-order valence-electron chi connectivity index (χ0n) is 16.2. The Labute approximate surface area is 168 Å². The van der Waals surface area contributed by atoms with Gasteiger partial charge in [-0.25, -0.2) is 14.8 Å². The minimum Gasteiger partial charge on any atom is -0.444 e. The quantitative estimate of drug-likeness (QED) is 0.590. The van der Waals surface area contributed by atoms with Crippen molar-refractivity contribution in [3.05, 3.63) is 47.5 Å². The first kappa shape index (κ1) is 18.7. The molecular weight excluding hydrogens is 376 g/mol. The Morgan fingerprint density at radius 1 is 1.25 bits per heavy atom. The van der Waals surface area contributed by atoms with Crippen molar-refractivity contribution in [1.82, 2.24) is 19.9 Å². The Morgan fingerprint density at radius 2 is 2.04 bits per heavy atom. The first-order valence-electron chi connectivity index (χ1n) is 9.41. The van der Waals surface area contributed by atoms with Crippen LogP contribution >= 0.6 is 11.6 Å². The van der Waals surface area contributed by atoms with Crippen LogP contribution in [0.4, 0.5) is 4.79 Å². The molecule has 1 fully saturated rings. The molecule has 0 spiro atoms. The zero-order chi connectivity index (χ0) is 19.9. The maximum Gasteiger partial charge on any atom is 0.410 e. The van der Waals surface area contributed by atoms with E-state index in [2.05, 4.69) is 9.97 Å². The van der Waals surface area contributed by atoms with Crippen LogP contribution in [0.1, 0.15) is 45.5 Å². The highest BCUT2D eigenvalue weighted by atomic mass is 35.5. The summed E-state index contributed by atoms with van der Waals surface area (Å²) in [4.78, 5) is 26.6. The smallest absolute Gasteiger partial charge is 0.410 e. The van der Waals surface area contributed by atoms with Gasteiger partial charge in [0.25, 0.3) is 0 Å². The lowest BCUT2D eigenvalue weighted by atomic mass is 10.1. The molecule has 6 nitrogen and oxygen atoms in total. The Hall–Kier alpha value is -2.60. The SMILES string of the molecule is CC(C)(C)OC(=O)N1CCC[C@H]1c1nc2ccc(-c3ccc(Cl)nc3)cc2[nH]1. The minimum atomic E-state index is -0.514. The van der Waals surface area contributed by atoms with E-state index in [4.69, 9.17) is 21.3 Å². The van der Waals surface area contributed by atoms with Crippen molar-refractivity contribution in [2.45, 2.75) is 45.3 Å². The number of nitrogens with zero attached hydrogens (tertiary/aromatic N) is 3. The third-order valence-electron chi connectivity index (χ3n) is 4.76. The number of ether oxygens (including phenoxy) is 1. The summed E-state index contributed by atoms with van der Waals surface area (Å²) < 4.78 is 5.56. The number of nitrogens with one attached hydrogen (secondary N) is 1. The molecule has 3 aromatic rings. The number of benzene rings is 1. The van der Waals surface area contributed by atoms with Gasteiger partial charge in [-0.2, -0.15) is 0 Å². The number of imidazole rings is 1. The summed E-state index contributed by atoms with van der Waals surface area (Å²) in [7, 11) is 0. The van der Waals surface area contributed by atoms with Crippen LogP contribution in [0.15, 0.2) is 36.5 Å². The number of aromatic nitrogens is 3. The van der Waals surface area contributed by atoms with Crippen LogP contribution in [-0.2, 0) is 4.74 Å². The maximum absolute atomic E-state index is 12.6. The zero-order valence-corrected chi connectivity index (χ0v) is 17.0. The van der Waals surface area contributed by atoms with Gasteiger partial charge in [-0.3, -0.25) is 4.90 Å². The van der Waals surface area contributed by atoms with Crippen LogP contribution in [0.5, 0.6) is 0 Å². The van der Waals surface area contributed by atoms with Gasteiger partial charge in [-0.1, -0.05) is 17.7 Å². The first-order chi connectivity index (χ1) is 13.3. The van der Waals surface area contributed by atoms with Crippen molar-refractivity contribution in [2.75, 3.05) is 6.54 Å². The molecule has 1 aliphatic heterocycles. The monoisotopic (exact) mass is 398 g/mol. The molecule has 4 rings (SSSR count). The van der Waals surface area contributed by atoms with Crippen molar-refractivity contribution < 1.29 is 9.53 Å². The van der Waals surface area contributed by atoms with Crippen molar-refractivity contribution >= 4 is 28.7 Å². The standard InChI is InChI=1S/C21H23ClN4O2/c1-21(2,3)28-20(27)26-10-4-5-17(26)19-24-15-8-6-13(11-16(15)25-19)14-7-9-18(22)23-12-14/h6-9,11-12,17H,4-5,10H2,1-3H3,(H,24,25)/t17-/m0/s1. The van der Waals surface area contributed by atoms with Crippen LogP contribution in [0, 0.1) is 0 Å². The number of H-pyrrole nitrogens is 1. The number of amides is 1. The number of fused-ring (bicyclic) bond motifs is 1. The summed E-state index contributed by atoms with van der Waals surface area (Å²) in [6.07, 6.45) is 3.26. The molecule has 2 aromatic heterocycles. The fourth-order valence-corrected chi connectivity index (χ4v) is 3.62. The van der Waals surface area contributed by atoms with Crippen molar-refractivity contribution in [3.8, 4) is 11.1 Å². The van der Waals surface area contributed by atoms with E-state index in [1.807, 2.05) is 45.0 Å². The Balaban J connectivity index is 1.62. The van der Waals surface area contributed by atoms with Crippen LogP contribution in [-0.4, -0.2) is 38.1 Å². The highest BCUT2D eigenvalue weighted by Crippen LogP contribution is 2.33. The molecule has 0 bridgehead atoms. The second-order valence-corrected chi connectivity index (χ2v) is 8.44. The number of carbonyl (C=O) groups excluding carboxylic acids is 1. The number of rotatable bonds is 2. The largest absolute Gasteiger partial charge is 0.444 e. The summed E-state index contributed by atoms with van der Waals surface area (Å²) in [5.74, 6) is 0.796. The van der Waals surface area contributed by atoms with Gasteiger partial charge in [0, 0.05) is 18.3 Å². The molecule has 1 aliphatic rings. The second-order valence-electron chi connectivity index (χ2n) is 8.06. The molecule has 7 heteroatoms. The maximum atomic E-state index is 12.6. The second kappa shape index (κ2) is 7.09. The van der Waals surface area contributed by atoms with E-state index in [9.17, 15) is 4.79 Å². The predicted octanol–water partition coefficient (Wildman–Crippen LogP) is 5.35. The molecule has 1 saturated heterocycles. The predicted molar refractivity (Wildman–Crippen MR) is 109 cm³/mol. The number of halogens is 1. The van der Waals surface area contributed by atoms with Crippen LogP contribution in [0.25, 0.3) is 22.2 Å². The third-order valence-corrected chi connectivity index (χ3v) is 4.98. The fourth-order valence-electron chi connectivity index (χ4n) is 3.50. The van der Waals surface area contributed by atoms with Gasteiger partial charge in [-0.05, 0) is 63.4 Å². The lowest BCUT2D eigenvalue weighted by molar-refractivity contribution is 0.0219. The van der Waals surface area contributed by atoms with E-state index in [1.165, 1.54) is 0 Å². The van der Waals surface area contributed by atoms with Gasteiger partial charge in [0.15, 0.2) is 0 Å². The fraction of sp³-hybridized carbons (Fsp3) is 0.381. The lowest BCUT2D eigenvalue weighted by Crippen LogP contribution is -2.36. The minimum absolute atomic E-state index is 0.0945. The molecule has 28 heavy (non-hydrogen) atoms. The molecular formula is C21H23ClN4O2. The van der Waals surface area contributed by atoms with Gasteiger partial charge < -0.3 is 9.72 Å². The highest BCUT2D eigenvalue weighted by molar-refractivity contribution is 6.29. The lowest BCUT2D eigenvalue weighted by Gasteiger charge is -2.27. The van der Waals surface area contributed by atoms with E-state index in [-0.39, 0.29) is 12.1 Å². The van der Waals surface area contributed by atoms with E-state index in [0.717, 1.165) is 40.8 Å². The van der Waals surface area contributed by atoms with Crippen LogP contribution in [0.3, 0.4) is 0 Å². The Kier molecular flexibility index (Phi) is 4.75. The molecule has 0 unspecified atom stereocenters. The molecule has 0 aliphatic carbocycles. The summed E-state index contributed by atoms with van der Waals surface area (Å²) in [6.45, 7) is 6.32. The van der Waals surface area contributed by atoms with E-state index in [0.29, 0.717) is 11.7 Å². The van der Waals surface area contributed by atoms with Gasteiger partial charge in [0.2, 0.25) is 0 Å². The molecule has 1 atom stereocenters. The van der Waals surface area contributed by atoms with Gasteiger partial charge in [0.05, 0.1) is 17.1 Å². The van der Waals surface area contributed by atoms with Gasteiger partial charge >= 0.3 is 6.09 Å². The number of hydrogen-bond acceptors (Lipinski definition) is 4. The van der Waals surface area contributed by atoms with Crippen LogP contribution in [0.2, 0.25) is 5.15 Å². The summed E-state index contributed by atoms with van der Waals surface area (Å²) in [5, 5.41) is 0.470. The average Bonchev–Trinajstić information content (AvgIpc) is 3.27. The van der Waals surface area contributed by atoms with E-state index >= 15 is 0 Å². The molecule has 0 saturated carbocycles. The van der Waals surface area contributed by atoms with Gasteiger partial charge in [-0.15, -0.1) is 0 Å². The van der Waals surface area contributed by atoms with Crippen molar-refractivity contribution in [2.24, 2.45) is 0 Å².